The Hall–Kier alpha value is -6.62. The van der Waals surface area contributed by atoms with E-state index in [0.717, 1.165) is 60.1 Å². The third-order valence-electron chi connectivity index (χ3n) is 9.53. The van der Waals surface area contributed by atoms with Crippen LogP contribution < -0.4 is 18.9 Å². The van der Waals surface area contributed by atoms with E-state index < -0.39 is 116 Å². The maximum Gasteiger partial charge on any atom is 0.331 e. The lowest BCUT2D eigenvalue weighted by molar-refractivity contribution is -0.359. The predicted molar refractivity (Wildman–Crippen MR) is 224 cm³/mol. The first-order chi connectivity index (χ1) is 31.7. The standard InChI is InChI=1S/C45H54O22/c1-22-38(61-26(5)49)40(62-27(6)50)43(64-29(8)52)45(58-22)67-41-39(66-37(53)16-13-30-12-15-33(59-24(3)47)35(20-30)60-25(4)48)36(21-57-23(2)46)65-44(42(41)63-28(7)51)56-18-17-31-11-14-32(54-9)34(19-31)55-10/h11-16,19-20,22,36,38-45H,17-18,21H2,1-10H3/t22-,36+,38-,39+,40+,41-,42+,43+,44+,45-/m0/s1. The van der Waals surface area contributed by atoms with Crippen molar-refractivity contribution in [2.24, 2.45) is 0 Å². The zero-order valence-corrected chi connectivity index (χ0v) is 38.5. The zero-order valence-electron chi connectivity index (χ0n) is 38.5. The van der Waals surface area contributed by atoms with Gasteiger partial charge in [-0.15, -0.1) is 0 Å². The van der Waals surface area contributed by atoms with Crippen LogP contribution in [0.4, 0.5) is 0 Å². The highest BCUT2D eigenvalue weighted by Gasteiger charge is 2.57. The molecule has 2 aromatic rings. The SMILES string of the molecule is COc1ccc(CCO[C@@H]2O[C@H](COC(C)=O)[C@@H](OC(=O)C=Cc3ccc(OC(C)=O)c(OC(C)=O)c3)[C@H](O[C@@H]3O[C@@H](C)[C@H](OC(C)=O)[C@@H](OC(C)=O)[C@H]3OC(C)=O)[C@H]2OC(C)=O)cc1OC. The Morgan fingerprint density at radius 1 is 0.552 bits per heavy atom. The van der Waals surface area contributed by atoms with E-state index in [2.05, 4.69) is 0 Å². The molecule has 22 nitrogen and oxygen atoms in total. The minimum absolute atomic E-state index is 0.0754. The Bertz CT molecular complexity index is 2150. The molecule has 2 fully saturated rings. The second kappa shape index (κ2) is 24.8. The highest BCUT2D eigenvalue weighted by molar-refractivity contribution is 5.87. The van der Waals surface area contributed by atoms with Crippen molar-refractivity contribution in [2.75, 3.05) is 27.4 Å². The molecule has 2 aliphatic heterocycles. The van der Waals surface area contributed by atoms with Gasteiger partial charge in [0.05, 0.1) is 26.9 Å². The lowest BCUT2D eigenvalue weighted by Crippen LogP contribution is -2.66. The molecular weight excluding hydrogens is 892 g/mol. The molecule has 0 saturated carbocycles. The highest BCUT2D eigenvalue weighted by Crippen LogP contribution is 2.36. The van der Waals surface area contributed by atoms with Gasteiger partial charge in [0, 0.05) is 54.5 Å². The molecule has 4 rings (SSSR count). The molecule has 2 aromatic carbocycles. The van der Waals surface area contributed by atoms with E-state index >= 15 is 0 Å². The summed E-state index contributed by atoms with van der Waals surface area (Å²) in [5.74, 6) is -6.00. The minimum atomic E-state index is -1.76. The summed E-state index contributed by atoms with van der Waals surface area (Å²) in [6.07, 6.45) is -13.0. The fourth-order valence-electron chi connectivity index (χ4n) is 6.96. The summed E-state index contributed by atoms with van der Waals surface area (Å²) in [6.45, 7) is 8.45. The Morgan fingerprint density at radius 3 is 1.70 bits per heavy atom. The van der Waals surface area contributed by atoms with Crippen LogP contribution in [0, 0.1) is 0 Å². The van der Waals surface area contributed by atoms with E-state index in [1.165, 1.54) is 45.4 Å². The van der Waals surface area contributed by atoms with Crippen LogP contribution in [0.25, 0.3) is 6.08 Å². The van der Waals surface area contributed by atoms with Crippen LogP contribution in [0.1, 0.15) is 66.5 Å². The molecule has 0 aliphatic carbocycles. The lowest BCUT2D eigenvalue weighted by Gasteiger charge is -2.48. The number of carbonyl (C=O) groups excluding carboxylic acids is 8. The van der Waals surface area contributed by atoms with Crippen LogP contribution in [0.2, 0.25) is 0 Å². The van der Waals surface area contributed by atoms with Crippen molar-refractivity contribution in [1.82, 2.24) is 0 Å². The van der Waals surface area contributed by atoms with Crippen LogP contribution in [0.5, 0.6) is 23.0 Å². The molecule has 0 unspecified atom stereocenters. The first-order valence-corrected chi connectivity index (χ1v) is 20.7. The maximum atomic E-state index is 13.9. The predicted octanol–water partition coefficient (Wildman–Crippen LogP) is 2.88. The van der Waals surface area contributed by atoms with Gasteiger partial charge in [-0.05, 0) is 54.8 Å². The van der Waals surface area contributed by atoms with Crippen molar-refractivity contribution in [3.8, 4) is 23.0 Å². The average Bonchev–Trinajstić information content (AvgIpc) is 3.23. The van der Waals surface area contributed by atoms with Crippen molar-refractivity contribution >= 4 is 53.8 Å². The molecule has 2 aliphatic rings. The number of esters is 8. The molecule has 0 N–H and O–H groups in total. The van der Waals surface area contributed by atoms with Gasteiger partial charge in [-0.1, -0.05) is 12.1 Å². The largest absolute Gasteiger partial charge is 0.493 e. The van der Waals surface area contributed by atoms with Gasteiger partial charge in [-0.2, -0.15) is 0 Å². The molecule has 2 saturated heterocycles. The summed E-state index contributed by atoms with van der Waals surface area (Å²) in [5.41, 5.74) is 0.996. The summed E-state index contributed by atoms with van der Waals surface area (Å²) >= 11 is 0. The third-order valence-corrected chi connectivity index (χ3v) is 9.53. The fraction of sp³-hybridized carbons (Fsp3) is 0.511. The van der Waals surface area contributed by atoms with Gasteiger partial charge in [-0.3, -0.25) is 33.6 Å². The van der Waals surface area contributed by atoms with Gasteiger partial charge < -0.3 is 66.3 Å². The van der Waals surface area contributed by atoms with Crippen LogP contribution in [-0.4, -0.2) is 137 Å². The third kappa shape index (κ3) is 15.8. The normalized spacial score (nSPS) is 24.6. The zero-order chi connectivity index (χ0) is 49.5. The van der Waals surface area contributed by atoms with Crippen molar-refractivity contribution < 1.29 is 105 Å². The van der Waals surface area contributed by atoms with Crippen LogP contribution in [0.3, 0.4) is 0 Å². The number of carbonyl (C=O) groups is 8. The fourth-order valence-corrected chi connectivity index (χ4v) is 6.96. The highest BCUT2D eigenvalue weighted by atomic mass is 16.8. The number of ether oxygens (including phenoxy) is 14. The van der Waals surface area contributed by atoms with Gasteiger partial charge in [-0.25, -0.2) is 4.79 Å². The minimum Gasteiger partial charge on any atom is -0.493 e. The lowest BCUT2D eigenvalue weighted by atomic mass is 9.96. The van der Waals surface area contributed by atoms with Gasteiger partial charge in [0.2, 0.25) is 0 Å². The monoisotopic (exact) mass is 946 g/mol. The number of methoxy groups -OCH3 is 2. The summed E-state index contributed by atoms with van der Waals surface area (Å²) in [5, 5.41) is 0. The molecule has 2 heterocycles. The number of rotatable bonds is 19. The molecule has 0 spiro atoms. The second-order valence-electron chi connectivity index (χ2n) is 14.9. The molecule has 0 amide bonds. The Balaban J connectivity index is 1.82. The van der Waals surface area contributed by atoms with Gasteiger partial charge in [0.25, 0.3) is 0 Å². The molecule has 67 heavy (non-hydrogen) atoms. The van der Waals surface area contributed by atoms with Crippen LogP contribution in [0.15, 0.2) is 42.5 Å². The van der Waals surface area contributed by atoms with E-state index in [4.69, 9.17) is 66.3 Å². The van der Waals surface area contributed by atoms with Gasteiger partial charge in [0.15, 0.2) is 66.1 Å². The van der Waals surface area contributed by atoms with Crippen molar-refractivity contribution in [3.63, 3.8) is 0 Å². The van der Waals surface area contributed by atoms with E-state index in [1.54, 1.807) is 18.2 Å². The van der Waals surface area contributed by atoms with Crippen LogP contribution in [-0.2, 0) is 92.1 Å². The topological polar surface area (TPSA) is 266 Å². The summed E-state index contributed by atoms with van der Waals surface area (Å²) < 4.78 is 79.8. The molecule has 0 aromatic heterocycles. The van der Waals surface area contributed by atoms with E-state index in [1.807, 2.05) is 0 Å². The van der Waals surface area contributed by atoms with Crippen molar-refractivity contribution in [3.05, 3.63) is 53.6 Å². The smallest absolute Gasteiger partial charge is 0.331 e. The second-order valence-corrected chi connectivity index (χ2v) is 14.9. The Labute approximate surface area is 385 Å². The molecular formula is C45H54O22. The molecule has 366 valence electrons. The number of hydrogen-bond acceptors (Lipinski definition) is 22. The van der Waals surface area contributed by atoms with Crippen LogP contribution >= 0.6 is 0 Å². The van der Waals surface area contributed by atoms with Crippen molar-refractivity contribution in [2.45, 2.75) is 123 Å². The average molecular weight is 947 g/mol. The first kappa shape index (κ1) is 53.0. The van der Waals surface area contributed by atoms with E-state index in [9.17, 15) is 38.4 Å². The summed E-state index contributed by atoms with van der Waals surface area (Å²) in [4.78, 5) is 99.7. The summed E-state index contributed by atoms with van der Waals surface area (Å²) in [7, 11) is 2.96. The molecule has 0 radical (unpaired) electrons. The van der Waals surface area contributed by atoms with Gasteiger partial charge >= 0.3 is 47.8 Å². The molecule has 22 heteroatoms. The quantitative estimate of drug-likeness (QED) is 0.0848. The molecule has 0 bridgehead atoms. The van der Waals surface area contributed by atoms with Crippen molar-refractivity contribution in [1.29, 1.82) is 0 Å². The maximum absolute atomic E-state index is 13.9. The van der Waals surface area contributed by atoms with E-state index in [-0.39, 0.29) is 30.1 Å². The Kier molecular flexibility index (Phi) is 19.6. The van der Waals surface area contributed by atoms with E-state index in [0.29, 0.717) is 11.5 Å². The first-order valence-electron chi connectivity index (χ1n) is 20.7. The number of hydrogen-bond donors (Lipinski definition) is 0. The summed E-state index contributed by atoms with van der Waals surface area (Å²) in [6, 6.07) is 9.25. The Morgan fingerprint density at radius 2 is 1.12 bits per heavy atom. The molecule has 10 atom stereocenters. The van der Waals surface area contributed by atoms with Gasteiger partial charge in [0.1, 0.15) is 18.8 Å². The number of benzene rings is 2.